The quantitative estimate of drug-likeness (QED) is 0.841. The van der Waals surface area contributed by atoms with Crippen LogP contribution >= 0.6 is 0 Å². The van der Waals surface area contributed by atoms with Gasteiger partial charge in [0.05, 0.1) is 6.61 Å². The van der Waals surface area contributed by atoms with Gasteiger partial charge in [-0.1, -0.05) is 24.3 Å². The van der Waals surface area contributed by atoms with Crippen molar-refractivity contribution in [3.05, 3.63) is 59.7 Å². The fourth-order valence-corrected chi connectivity index (χ4v) is 2.07. The smallest absolute Gasteiger partial charge is 0.119 e. The van der Waals surface area contributed by atoms with E-state index in [0.29, 0.717) is 6.61 Å². The number of hydrogen-bond acceptors (Lipinski definition) is 2. The normalized spacial score (nSPS) is 10.2. The summed E-state index contributed by atoms with van der Waals surface area (Å²) >= 11 is 0. The van der Waals surface area contributed by atoms with Crippen LogP contribution in [-0.4, -0.2) is 13.2 Å². The first-order valence-electron chi connectivity index (χ1n) is 6.81. The van der Waals surface area contributed by atoms with E-state index >= 15 is 0 Å². The van der Waals surface area contributed by atoms with Gasteiger partial charge in [-0.15, -0.1) is 0 Å². The Kier molecular flexibility index (Phi) is 4.85. The van der Waals surface area contributed by atoms with Crippen molar-refractivity contribution in [2.75, 3.05) is 18.5 Å². The predicted octanol–water partition coefficient (Wildman–Crippen LogP) is 4.05. The number of hydrogen-bond donors (Lipinski definition) is 1. The van der Waals surface area contributed by atoms with Gasteiger partial charge in [0.2, 0.25) is 0 Å². The zero-order chi connectivity index (χ0) is 13.5. The molecule has 100 valence electrons. The summed E-state index contributed by atoms with van der Waals surface area (Å²) in [6.07, 6.45) is 1.04. The number of ether oxygens (including phenoxy) is 1. The van der Waals surface area contributed by atoms with Gasteiger partial charge in [0.1, 0.15) is 5.75 Å². The van der Waals surface area contributed by atoms with Crippen molar-refractivity contribution in [3.63, 3.8) is 0 Å². The average molecular weight is 255 g/mol. The summed E-state index contributed by atoms with van der Waals surface area (Å²) in [6, 6.07) is 16.6. The number of anilines is 1. The molecule has 0 aromatic heterocycles. The summed E-state index contributed by atoms with van der Waals surface area (Å²) in [5, 5.41) is 3.43. The third-order valence-electron chi connectivity index (χ3n) is 3.15. The monoisotopic (exact) mass is 255 g/mol. The molecular formula is C17H21NO. The molecule has 2 rings (SSSR count). The molecule has 0 fully saturated rings. The maximum Gasteiger partial charge on any atom is 0.119 e. The molecule has 0 saturated carbocycles. The molecule has 0 amide bonds. The number of aryl methyl sites for hydroxylation is 1. The summed E-state index contributed by atoms with van der Waals surface area (Å²) in [6.45, 7) is 5.81. The molecule has 0 heterocycles. The molecule has 0 saturated heterocycles. The molecule has 0 spiro atoms. The zero-order valence-corrected chi connectivity index (χ0v) is 11.6. The van der Waals surface area contributed by atoms with Crippen molar-refractivity contribution in [1.29, 1.82) is 0 Å². The van der Waals surface area contributed by atoms with Crippen LogP contribution < -0.4 is 10.1 Å². The first-order valence-corrected chi connectivity index (χ1v) is 6.81. The minimum Gasteiger partial charge on any atom is -0.494 e. The maximum atomic E-state index is 5.42. The summed E-state index contributed by atoms with van der Waals surface area (Å²) in [7, 11) is 0. The molecule has 0 aliphatic rings. The highest BCUT2D eigenvalue weighted by Crippen LogP contribution is 2.16. The van der Waals surface area contributed by atoms with E-state index in [0.717, 1.165) is 24.4 Å². The highest BCUT2D eigenvalue weighted by Gasteiger charge is 1.98. The largest absolute Gasteiger partial charge is 0.494 e. The number of nitrogens with one attached hydrogen (secondary N) is 1. The summed E-state index contributed by atoms with van der Waals surface area (Å²) in [5.41, 5.74) is 3.90. The Hall–Kier alpha value is -1.96. The van der Waals surface area contributed by atoms with Gasteiger partial charge < -0.3 is 10.1 Å². The minimum atomic E-state index is 0.708. The molecule has 0 aliphatic heterocycles. The van der Waals surface area contributed by atoms with Crippen LogP contribution in [0.15, 0.2) is 48.5 Å². The van der Waals surface area contributed by atoms with E-state index in [-0.39, 0.29) is 0 Å². The molecule has 2 aromatic carbocycles. The molecule has 19 heavy (non-hydrogen) atoms. The van der Waals surface area contributed by atoms with Gasteiger partial charge in [0, 0.05) is 12.2 Å². The molecular weight excluding hydrogens is 234 g/mol. The highest BCUT2D eigenvalue weighted by atomic mass is 16.5. The van der Waals surface area contributed by atoms with Gasteiger partial charge in [0.15, 0.2) is 0 Å². The van der Waals surface area contributed by atoms with Crippen LogP contribution in [0.2, 0.25) is 0 Å². The second kappa shape index (κ2) is 6.83. The van der Waals surface area contributed by atoms with Crippen LogP contribution in [0.3, 0.4) is 0 Å². The summed E-state index contributed by atoms with van der Waals surface area (Å²) in [4.78, 5) is 0. The lowest BCUT2D eigenvalue weighted by atomic mass is 10.1. The van der Waals surface area contributed by atoms with E-state index < -0.39 is 0 Å². The predicted molar refractivity (Wildman–Crippen MR) is 81.0 cm³/mol. The van der Waals surface area contributed by atoms with E-state index in [1.54, 1.807) is 0 Å². The average Bonchev–Trinajstić information content (AvgIpc) is 2.43. The Morgan fingerprint density at radius 2 is 1.74 bits per heavy atom. The Balaban J connectivity index is 1.84. The van der Waals surface area contributed by atoms with E-state index in [4.69, 9.17) is 4.74 Å². The van der Waals surface area contributed by atoms with Crippen LogP contribution in [0.4, 0.5) is 5.69 Å². The van der Waals surface area contributed by atoms with Crippen molar-refractivity contribution in [2.45, 2.75) is 20.3 Å². The van der Waals surface area contributed by atoms with E-state index in [9.17, 15) is 0 Å². The topological polar surface area (TPSA) is 21.3 Å². The molecule has 0 aliphatic carbocycles. The molecule has 0 bridgehead atoms. The second-order valence-electron chi connectivity index (χ2n) is 4.56. The minimum absolute atomic E-state index is 0.708. The highest BCUT2D eigenvalue weighted by molar-refractivity contribution is 5.46. The van der Waals surface area contributed by atoms with Crippen LogP contribution in [0.25, 0.3) is 0 Å². The van der Waals surface area contributed by atoms with E-state index in [2.05, 4.69) is 48.6 Å². The Morgan fingerprint density at radius 1 is 1.00 bits per heavy atom. The first kappa shape index (κ1) is 13.5. The van der Waals surface area contributed by atoms with Crippen molar-refractivity contribution >= 4 is 5.69 Å². The summed E-state index contributed by atoms with van der Waals surface area (Å²) < 4.78 is 5.42. The van der Waals surface area contributed by atoms with Crippen molar-refractivity contribution in [2.24, 2.45) is 0 Å². The van der Waals surface area contributed by atoms with Gasteiger partial charge in [-0.3, -0.25) is 0 Å². The molecule has 2 aromatic rings. The van der Waals surface area contributed by atoms with Crippen molar-refractivity contribution in [1.82, 2.24) is 0 Å². The summed E-state index contributed by atoms with van der Waals surface area (Å²) in [5.74, 6) is 0.923. The fourth-order valence-electron chi connectivity index (χ4n) is 2.07. The van der Waals surface area contributed by atoms with Gasteiger partial charge in [-0.2, -0.15) is 0 Å². The Morgan fingerprint density at radius 3 is 2.42 bits per heavy atom. The lowest BCUT2D eigenvalue weighted by Gasteiger charge is -2.09. The van der Waals surface area contributed by atoms with E-state index in [1.807, 2.05) is 19.1 Å². The lowest BCUT2D eigenvalue weighted by Crippen LogP contribution is -2.05. The third-order valence-corrected chi connectivity index (χ3v) is 3.15. The van der Waals surface area contributed by atoms with Gasteiger partial charge in [-0.25, -0.2) is 0 Å². The van der Waals surface area contributed by atoms with Crippen molar-refractivity contribution in [3.8, 4) is 5.75 Å². The molecule has 2 heteroatoms. The number of rotatable bonds is 6. The SMILES string of the molecule is CCOc1ccc(NCCc2ccccc2C)cc1. The molecule has 0 unspecified atom stereocenters. The van der Waals surface area contributed by atoms with Gasteiger partial charge >= 0.3 is 0 Å². The molecule has 2 nitrogen and oxygen atoms in total. The first-order chi connectivity index (χ1) is 9.29. The van der Waals surface area contributed by atoms with Gasteiger partial charge in [-0.05, 0) is 55.7 Å². The molecule has 0 radical (unpaired) electrons. The van der Waals surface area contributed by atoms with Crippen molar-refractivity contribution < 1.29 is 4.74 Å². The third kappa shape index (κ3) is 4.02. The fraction of sp³-hybridized carbons (Fsp3) is 0.294. The van der Waals surface area contributed by atoms with E-state index in [1.165, 1.54) is 11.1 Å². The van der Waals surface area contributed by atoms with Gasteiger partial charge in [0.25, 0.3) is 0 Å². The Labute approximate surface area is 115 Å². The maximum absolute atomic E-state index is 5.42. The van der Waals surface area contributed by atoms with Crippen LogP contribution in [0.5, 0.6) is 5.75 Å². The van der Waals surface area contributed by atoms with Crippen LogP contribution in [0.1, 0.15) is 18.1 Å². The Bertz CT molecular complexity index is 505. The molecule has 0 atom stereocenters. The second-order valence-corrected chi connectivity index (χ2v) is 4.56. The molecule has 1 N–H and O–H groups in total. The van der Waals surface area contributed by atoms with Crippen LogP contribution in [0, 0.1) is 6.92 Å². The lowest BCUT2D eigenvalue weighted by molar-refractivity contribution is 0.340. The standard InChI is InChI=1S/C17H21NO/c1-3-19-17-10-8-16(9-11-17)18-13-12-15-7-5-4-6-14(15)2/h4-11,18H,3,12-13H2,1-2H3. The zero-order valence-electron chi connectivity index (χ0n) is 11.6. The number of benzene rings is 2. The van der Waals surface area contributed by atoms with Crippen LogP contribution in [-0.2, 0) is 6.42 Å².